The fourth-order valence-corrected chi connectivity index (χ4v) is 4.99. The molecule has 46 heavy (non-hydrogen) atoms. The van der Waals surface area contributed by atoms with Crippen LogP contribution in [0.15, 0.2) is 48.5 Å². The third kappa shape index (κ3) is 8.71. The van der Waals surface area contributed by atoms with Crippen LogP contribution in [0.4, 0.5) is 0 Å². The molecular formula is C31H38O15. The average Bonchev–Trinajstić information content (AvgIpc) is 3.02. The predicted molar refractivity (Wildman–Crippen MR) is 155 cm³/mol. The highest BCUT2D eigenvalue weighted by Gasteiger charge is 2.54. The van der Waals surface area contributed by atoms with Gasteiger partial charge in [0.05, 0.1) is 19.3 Å². The molecule has 0 aliphatic carbocycles. The molecular weight excluding hydrogens is 612 g/mol. The van der Waals surface area contributed by atoms with Crippen LogP contribution in [0.2, 0.25) is 0 Å². The van der Waals surface area contributed by atoms with E-state index in [-0.39, 0.29) is 30.3 Å². The van der Waals surface area contributed by atoms with Crippen molar-refractivity contribution in [3.05, 3.63) is 59.7 Å². The first kappa shape index (κ1) is 35.1. The van der Waals surface area contributed by atoms with Crippen molar-refractivity contribution in [3.63, 3.8) is 0 Å². The summed E-state index contributed by atoms with van der Waals surface area (Å²) in [7, 11) is 0. The van der Waals surface area contributed by atoms with E-state index in [0.29, 0.717) is 11.1 Å². The van der Waals surface area contributed by atoms with Crippen molar-refractivity contribution in [2.45, 2.75) is 81.7 Å². The van der Waals surface area contributed by atoms with Gasteiger partial charge in [-0.15, -0.1) is 0 Å². The third-order valence-electron chi connectivity index (χ3n) is 7.44. The number of carbonyl (C=O) groups excluding carboxylic acids is 2. The maximum absolute atomic E-state index is 13.0. The van der Waals surface area contributed by atoms with Gasteiger partial charge < -0.3 is 64.2 Å². The molecule has 15 heteroatoms. The zero-order chi connectivity index (χ0) is 33.5. The lowest BCUT2D eigenvalue weighted by molar-refractivity contribution is -0.358. The molecule has 4 rings (SSSR count). The molecule has 0 aromatic heterocycles. The van der Waals surface area contributed by atoms with Gasteiger partial charge in [0, 0.05) is 13.0 Å². The number of phenols is 3. The monoisotopic (exact) mass is 650 g/mol. The third-order valence-corrected chi connectivity index (χ3v) is 7.44. The SMILES string of the molecule is CC(=O)O[C@H]1[C@H](OCCc2ccc(O)c(O)c2)O[C@H](CO)[C@@H](OC(=O)/C=C/c2ccc(O)cc2)[C@@H]1O[C@@H]1O[C@@H](C)[C@H](O)[C@@H](O)[C@H]1O. The van der Waals surface area contributed by atoms with Crippen molar-refractivity contribution < 1.29 is 73.8 Å². The van der Waals surface area contributed by atoms with E-state index in [9.17, 15) is 45.3 Å². The molecule has 2 aliphatic rings. The molecule has 10 atom stereocenters. The molecule has 2 saturated heterocycles. The summed E-state index contributed by atoms with van der Waals surface area (Å²) < 4.78 is 34.5. The number of phenolic OH excluding ortho intramolecular Hbond substituents is 3. The molecule has 0 radical (unpaired) electrons. The van der Waals surface area contributed by atoms with Crippen LogP contribution >= 0.6 is 0 Å². The van der Waals surface area contributed by atoms with E-state index in [4.69, 9.17) is 28.4 Å². The fraction of sp³-hybridized carbons (Fsp3) is 0.484. The maximum Gasteiger partial charge on any atom is 0.331 e. The lowest BCUT2D eigenvalue weighted by Crippen LogP contribution is -2.65. The Morgan fingerprint density at radius 1 is 0.848 bits per heavy atom. The van der Waals surface area contributed by atoms with E-state index in [0.717, 1.165) is 13.0 Å². The van der Waals surface area contributed by atoms with Crippen LogP contribution in [0.5, 0.6) is 17.2 Å². The summed E-state index contributed by atoms with van der Waals surface area (Å²) in [5.74, 6) is -2.35. The largest absolute Gasteiger partial charge is 0.508 e. The van der Waals surface area contributed by atoms with Crippen molar-refractivity contribution in [1.82, 2.24) is 0 Å². The van der Waals surface area contributed by atoms with Crippen LogP contribution in [0.1, 0.15) is 25.0 Å². The minimum absolute atomic E-state index is 0.0263. The predicted octanol–water partition coefficient (Wildman–Crippen LogP) is -0.151. The first-order valence-corrected chi connectivity index (χ1v) is 14.5. The van der Waals surface area contributed by atoms with Crippen molar-refractivity contribution in [2.75, 3.05) is 13.2 Å². The number of benzene rings is 2. The molecule has 15 nitrogen and oxygen atoms in total. The van der Waals surface area contributed by atoms with Crippen LogP contribution < -0.4 is 0 Å². The van der Waals surface area contributed by atoms with Gasteiger partial charge >= 0.3 is 11.9 Å². The lowest BCUT2D eigenvalue weighted by Gasteiger charge is -2.47. The van der Waals surface area contributed by atoms with Gasteiger partial charge in [0.1, 0.15) is 36.3 Å². The van der Waals surface area contributed by atoms with Crippen molar-refractivity contribution in [3.8, 4) is 17.2 Å². The topological polar surface area (TPSA) is 231 Å². The number of ether oxygens (including phenoxy) is 6. The Hall–Kier alpha value is -3.80. The van der Waals surface area contributed by atoms with Crippen LogP contribution in [-0.2, 0) is 44.4 Å². The molecule has 0 saturated carbocycles. The maximum atomic E-state index is 13.0. The van der Waals surface area contributed by atoms with E-state index in [1.807, 2.05) is 0 Å². The number of hydrogen-bond donors (Lipinski definition) is 7. The molecule has 2 fully saturated rings. The number of aromatic hydroxyl groups is 3. The van der Waals surface area contributed by atoms with Crippen LogP contribution in [0.3, 0.4) is 0 Å². The number of aliphatic hydroxyl groups excluding tert-OH is 4. The molecule has 0 unspecified atom stereocenters. The summed E-state index contributed by atoms with van der Waals surface area (Å²) in [4.78, 5) is 25.2. The van der Waals surface area contributed by atoms with Gasteiger partial charge in [0.25, 0.3) is 0 Å². The van der Waals surface area contributed by atoms with E-state index in [1.54, 1.807) is 18.2 Å². The van der Waals surface area contributed by atoms with Crippen LogP contribution in [0, 0.1) is 0 Å². The molecule has 0 amide bonds. The highest BCUT2D eigenvalue weighted by Crippen LogP contribution is 2.33. The van der Waals surface area contributed by atoms with Crippen molar-refractivity contribution >= 4 is 18.0 Å². The second-order valence-electron chi connectivity index (χ2n) is 10.9. The molecule has 2 heterocycles. The quantitative estimate of drug-likeness (QED) is 0.0952. The Morgan fingerprint density at radius 2 is 1.57 bits per heavy atom. The summed E-state index contributed by atoms with van der Waals surface area (Å²) >= 11 is 0. The minimum atomic E-state index is -1.79. The summed E-state index contributed by atoms with van der Waals surface area (Å²) in [5, 5.41) is 70.3. The highest BCUT2D eigenvalue weighted by molar-refractivity contribution is 5.87. The smallest absolute Gasteiger partial charge is 0.331 e. The standard InChI is InChI=1S/C31H38O15/c1-15-24(38)25(39)26(40)30(42-15)46-28-27(45-23(37)10-6-17-3-7-19(34)8-4-17)22(14-32)44-31(29(28)43-16(2)33)41-12-11-18-5-9-20(35)21(36)13-18/h3-10,13,15,22,24-32,34-36,38-40H,11-12,14H2,1-2H3/b10-6+/t15-,22+,24-,25+,26+,27+,28-,29+,30-,31+/m0/s1. The van der Waals surface area contributed by atoms with Gasteiger partial charge in [-0.3, -0.25) is 4.79 Å². The van der Waals surface area contributed by atoms with E-state index in [2.05, 4.69) is 0 Å². The number of rotatable bonds is 11. The van der Waals surface area contributed by atoms with Gasteiger partial charge in [-0.1, -0.05) is 18.2 Å². The summed E-state index contributed by atoms with van der Waals surface area (Å²) in [6.45, 7) is 1.71. The fourth-order valence-electron chi connectivity index (χ4n) is 4.99. The lowest BCUT2D eigenvalue weighted by atomic mass is 9.96. The van der Waals surface area contributed by atoms with Gasteiger partial charge in [-0.05, 0) is 54.8 Å². The Bertz CT molecular complexity index is 1350. The number of carbonyl (C=O) groups is 2. The number of aliphatic hydroxyl groups is 4. The average molecular weight is 651 g/mol. The number of hydrogen-bond acceptors (Lipinski definition) is 15. The Morgan fingerprint density at radius 3 is 2.22 bits per heavy atom. The second kappa shape index (κ2) is 15.7. The second-order valence-corrected chi connectivity index (χ2v) is 10.9. The first-order chi connectivity index (χ1) is 21.9. The molecule has 252 valence electrons. The Labute approximate surface area is 263 Å². The summed E-state index contributed by atoms with van der Waals surface area (Å²) in [6, 6.07) is 10.1. The van der Waals surface area contributed by atoms with Crippen LogP contribution in [-0.4, -0.2) is 122 Å². The van der Waals surface area contributed by atoms with E-state index in [1.165, 1.54) is 37.3 Å². The highest BCUT2D eigenvalue weighted by atomic mass is 16.8. The van der Waals surface area contributed by atoms with Gasteiger partial charge in [0.15, 0.2) is 36.3 Å². The first-order valence-electron chi connectivity index (χ1n) is 14.5. The van der Waals surface area contributed by atoms with Crippen molar-refractivity contribution in [1.29, 1.82) is 0 Å². The van der Waals surface area contributed by atoms with E-state index < -0.39 is 80.0 Å². The van der Waals surface area contributed by atoms with Crippen molar-refractivity contribution in [2.24, 2.45) is 0 Å². The van der Waals surface area contributed by atoms with E-state index >= 15 is 0 Å². The zero-order valence-electron chi connectivity index (χ0n) is 25.0. The zero-order valence-corrected chi connectivity index (χ0v) is 25.0. The molecule has 0 spiro atoms. The Kier molecular flexibility index (Phi) is 11.9. The van der Waals surface area contributed by atoms with Gasteiger partial charge in [-0.2, -0.15) is 0 Å². The summed E-state index contributed by atoms with van der Waals surface area (Å²) in [6.07, 6.45) is -12.1. The molecule has 2 aromatic carbocycles. The van der Waals surface area contributed by atoms with Crippen LogP contribution in [0.25, 0.3) is 6.08 Å². The summed E-state index contributed by atoms with van der Waals surface area (Å²) in [5.41, 5.74) is 1.13. The van der Waals surface area contributed by atoms with Gasteiger partial charge in [-0.25, -0.2) is 4.79 Å². The molecule has 0 bridgehead atoms. The molecule has 2 aliphatic heterocycles. The normalized spacial score (nSPS) is 31.4. The number of esters is 2. The minimum Gasteiger partial charge on any atom is -0.508 e. The van der Waals surface area contributed by atoms with Gasteiger partial charge in [0.2, 0.25) is 0 Å². The Balaban J connectivity index is 1.61. The molecule has 2 aromatic rings. The molecule has 7 N–H and O–H groups in total.